The Morgan fingerprint density at radius 3 is 2.38 bits per heavy atom. The molecule has 0 aromatic carbocycles. The van der Waals surface area contributed by atoms with E-state index in [0.717, 1.165) is 0 Å². The molecule has 1 aromatic heterocycles. The van der Waals surface area contributed by atoms with E-state index < -0.39 is 17.7 Å². The minimum absolute atomic E-state index is 0.0616. The molecule has 3 atom stereocenters. The molecule has 7 nitrogen and oxygen atoms in total. The van der Waals surface area contributed by atoms with Crippen LogP contribution in [-0.2, 0) is 14.3 Å². The normalized spacial score (nSPS) is 22.1. The van der Waals surface area contributed by atoms with E-state index in [2.05, 4.69) is 0 Å². The Balaban J connectivity index is 2.09. The minimum Gasteiger partial charge on any atom is -0.449 e. The topological polar surface area (TPSA) is 86.1 Å². The van der Waals surface area contributed by atoms with Crippen LogP contribution in [0.2, 0.25) is 0 Å². The van der Waals surface area contributed by atoms with Crippen molar-refractivity contribution in [1.29, 1.82) is 0 Å². The van der Waals surface area contributed by atoms with Crippen molar-refractivity contribution >= 4 is 11.9 Å². The number of amides is 1. The van der Waals surface area contributed by atoms with Gasteiger partial charge in [0.05, 0.1) is 12.2 Å². The van der Waals surface area contributed by atoms with Gasteiger partial charge in [-0.05, 0) is 40.2 Å². The van der Waals surface area contributed by atoms with Gasteiger partial charge in [0.1, 0.15) is 11.3 Å². The molecular formula is C17H23NO6. The third-order valence-corrected chi connectivity index (χ3v) is 3.90. The quantitative estimate of drug-likeness (QED) is 0.776. The van der Waals surface area contributed by atoms with Gasteiger partial charge in [0.25, 0.3) is 5.91 Å². The second-order valence-electron chi connectivity index (χ2n) is 6.23. The minimum atomic E-state index is -0.930. The fraction of sp³-hybridized carbons (Fsp3) is 0.588. The Bertz CT molecular complexity index is 659. The number of rotatable bonds is 3. The fourth-order valence-electron chi connectivity index (χ4n) is 2.95. The van der Waals surface area contributed by atoms with Gasteiger partial charge in [0.15, 0.2) is 6.10 Å². The van der Waals surface area contributed by atoms with Crippen LogP contribution in [0.4, 0.5) is 0 Å². The van der Waals surface area contributed by atoms with Gasteiger partial charge in [-0.25, -0.2) is 9.59 Å². The van der Waals surface area contributed by atoms with Crippen molar-refractivity contribution in [3.63, 3.8) is 0 Å². The van der Waals surface area contributed by atoms with Gasteiger partial charge in [0.2, 0.25) is 0 Å². The SMILES string of the molecule is Cc1cc(=O)oc(C)c1C(=O)O[C@H](C)C(=O)N1C[C@H](C)O[C@@H](C)C1. The molecule has 132 valence electrons. The zero-order chi connectivity index (χ0) is 18.0. The predicted molar refractivity (Wildman–Crippen MR) is 85.9 cm³/mol. The van der Waals surface area contributed by atoms with Gasteiger partial charge in [0, 0.05) is 19.2 Å². The summed E-state index contributed by atoms with van der Waals surface area (Å²) in [6.07, 6.45) is -1.05. The van der Waals surface area contributed by atoms with Gasteiger partial charge in [-0.15, -0.1) is 0 Å². The molecule has 2 rings (SSSR count). The zero-order valence-electron chi connectivity index (χ0n) is 14.6. The molecule has 0 radical (unpaired) electrons. The van der Waals surface area contributed by atoms with Crippen LogP contribution in [0.5, 0.6) is 0 Å². The van der Waals surface area contributed by atoms with Crippen molar-refractivity contribution in [3.8, 4) is 0 Å². The summed E-state index contributed by atoms with van der Waals surface area (Å²) in [6.45, 7) is 9.39. The number of carbonyl (C=O) groups is 2. The average Bonchev–Trinajstić information content (AvgIpc) is 2.44. The lowest BCUT2D eigenvalue weighted by molar-refractivity contribution is -0.151. The highest BCUT2D eigenvalue weighted by molar-refractivity contribution is 5.94. The maximum absolute atomic E-state index is 12.5. The fourth-order valence-corrected chi connectivity index (χ4v) is 2.95. The molecule has 0 saturated carbocycles. The summed E-state index contributed by atoms with van der Waals surface area (Å²) in [5.74, 6) is -0.764. The van der Waals surface area contributed by atoms with E-state index >= 15 is 0 Å². The van der Waals surface area contributed by atoms with Crippen molar-refractivity contribution < 1.29 is 23.5 Å². The van der Waals surface area contributed by atoms with Crippen LogP contribution < -0.4 is 5.63 Å². The Hall–Kier alpha value is -2.15. The maximum Gasteiger partial charge on any atom is 0.342 e. The highest BCUT2D eigenvalue weighted by atomic mass is 16.5. The van der Waals surface area contributed by atoms with E-state index in [1.54, 1.807) is 11.8 Å². The summed E-state index contributed by atoms with van der Waals surface area (Å²) in [5.41, 5.74) is 0.113. The molecule has 7 heteroatoms. The van der Waals surface area contributed by atoms with Crippen molar-refractivity contribution in [2.45, 2.75) is 52.9 Å². The van der Waals surface area contributed by atoms with Crippen molar-refractivity contribution in [1.82, 2.24) is 4.90 Å². The second-order valence-corrected chi connectivity index (χ2v) is 6.23. The molecule has 0 unspecified atom stereocenters. The van der Waals surface area contributed by atoms with Gasteiger partial charge < -0.3 is 18.8 Å². The lowest BCUT2D eigenvalue weighted by Gasteiger charge is -2.36. The second kappa shape index (κ2) is 7.17. The summed E-state index contributed by atoms with van der Waals surface area (Å²) >= 11 is 0. The number of carbonyl (C=O) groups excluding carboxylic acids is 2. The van der Waals surface area contributed by atoms with E-state index in [1.165, 1.54) is 19.9 Å². The summed E-state index contributed by atoms with van der Waals surface area (Å²) < 4.78 is 15.8. The van der Waals surface area contributed by atoms with E-state index in [4.69, 9.17) is 13.9 Å². The molecule has 1 aliphatic heterocycles. The first kappa shape index (κ1) is 18.2. The lowest BCUT2D eigenvalue weighted by Crippen LogP contribution is -2.51. The van der Waals surface area contributed by atoms with E-state index in [0.29, 0.717) is 18.7 Å². The first-order valence-electron chi connectivity index (χ1n) is 7.95. The number of aryl methyl sites for hydroxylation is 2. The third-order valence-electron chi connectivity index (χ3n) is 3.90. The van der Waals surface area contributed by atoms with Gasteiger partial charge >= 0.3 is 11.6 Å². The Morgan fingerprint density at radius 2 is 1.83 bits per heavy atom. The first-order chi connectivity index (χ1) is 11.2. The van der Waals surface area contributed by atoms with E-state index in [9.17, 15) is 14.4 Å². The number of esters is 1. The zero-order valence-corrected chi connectivity index (χ0v) is 14.6. The van der Waals surface area contributed by atoms with E-state index in [1.807, 2.05) is 13.8 Å². The van der Waals surface area contributed by atoms with Gasteiger partial charge in [-0.1, -0.05) is 0 Å². The maximum atomic E-state index is 12.5. The summed E-state index contributed by atoms with van der Waals surface area (Å²) in [5, 5.41) is 0. The van der Waals surface area contributed by atoms with Crippen molar-refractivity contribution in [2.75, 3.05) is 13.1 Å². The number of hydrogen-bond donors (Lipinski definition) is 0. The van der Waals surface area contributed by atoms with Crippen LogP contribution in [-0.4, -0.2) is 48.2 Å². The molecular weight excluding hydrogens is 314 g/mol. The molecule has 24 heavy (non-hydrogen) atoms. The van der Waals surface area contributed by atoms with Crippen molar-refractivity contribution in [3.05, 3.63) is 33.4 Å². The van der Waals surface area contributed by atoms with Gasteiger partial charge in [-0.2, -0.15) is 0 Å². The molecule has 1 fully saturated rings. The largest absolute Gasteiger partial charge is 0.449 e. The molecule has 0 aliphatic carbocycles. The molecule has 1 aliphatic rings. The summed E-state index contributed by atoms with van der Waals surface area (Å²) in [4.78, 5) is 37.8. The van der Waals surface area contributed by atoms with Crippen LogP contribution in [0.3, 0.4) is 0 Å². The lowest BCUT2D eigenvalue weighted by atomic mass is 10.1. The number of nitrogens with zero attached hydrogens (tertiary/aromatic N) is 1. The molecule has 0 bridgehead atoms. The van der Waals surface area contributed by atoms with Crippen LogP contribution in [0.25, 0.3) is 0 Å². The average molecular weight is 337 g/mol. The molecule has 0 N–H and O–H groups in total. The number of morpholine rings is 1. The van der Waals surface area contributed by atoms with Crippen molar-refractivity contribution in [2.24, 2.45) is 0 Å². The highest BCUT2D eigenvalue weighted by Crippen LogP contribution is 2.16. The van der Waals surface area contributed by atoms with E-state index in [-0.39, 0.29) is 29.4 Å². The molecule has 0 spiro atoms. The summed E-state index contributed by atoms with van der Waals surface area (Å²) in [7, 11) is 0. The standard InChI is InChI=1S/C17H23NO6/c1-9-6-14(19)23-12(4)15(9)17(21)24-13(5)16(20)18-7-10(2)22-11(3)8-18/h6,10-11,13H,7-8H2,1-5H3/t10-,11-,13+/m0/s1. The third kappa shape index (κ3) is 4.03. The highest BCUT2D eigenvalue weighted by Gasteiger charge is 2.31. The Kier molecular flexibility index (Phi) is 5.43. The Morgan fingerprint density at radius 1 is 1.25 bits per heavy atom. The monoisotopic (exact) mass is 337 g/mol. The number of hydrogen-bond acceptors (Lipinski definition) is 6. The molecule has 1 saturated heterocycles. The number of ether oxygens (including phenoxy) is 2. The molecule has 2 heterocycles. The molecule has 1 amide bonds. The van der Waals surface area contributed by atoms with Crippen LogP contribution in [0.1, 0.15) is 42.5 Å². The van der Waals surface area contributed by atoms with Crippen LogP contribution in [0, 0.1) is 13.8 Å². The smallest absolute Gasteiger partial charge is 0.342 e. The van der Waals surface area contributed by atoms with Crippen LogP contribution in [0.15, 0.2) is 15.3 Å². The van der Waals surface area contributed by atoms with Gasteiger partial charge in [-0.3, -0.25) is 4.79 Å². The Labute approximate surface area is 140 Å². The predicted octanol–water partition coefficient (Wildman–Crippen LogP) is 1.44. The first-order valence-corrected chi connectivity index (χ1v) is 7.95. The molecule has 1 aromatic rings. The summed E-state index contributed by atoms with van der Waals surface area (Å²) in [6, 6.07) is 1.22. The van der Waals surface area contributed by atoms with Crippen LogP contribution >= 0.6 is 0 Å².